The molecule has 0 radical (unpaired) electrons. The monoisotopic (exact) mass is 422 g/mol. The summed E-state index contributed by atoms with van der Waals surface area (Å²) in [6.45, 7) is 2.54. The van der Waals surface area contributed by atoms with Crippen molar-refractivity contribution < 1.29 is 23.8 Å². The maximum Gasteiger partial charge on any atom is 0.338 e. The number of hydrogen-bond donors (Lipinski definition) is 0. The summed E-state index contributed by atoms with van der Waals surface area (Å²) in [6.07, 6.45) is 5.53. The zero-order chi connectivity index (χ0) is 21.6. The van der Waals surface area contributed by atoms with Crippen LogP contribution in [0.25, 0.3) is 0 Å². The van der Waals surface area contributed by atoms with Crippen molar-refractivity contribution in [3.05, 3.63) is 65.2 Å². The van der Waals surface area contributed by atoms with Gasteiger partial charge < -0.3 is 14.2 Å². The van der Waals surface area contributed by atoms with E-state index in [9.17, 15) is 9.59 Å². The number of benzene rings is 2. The van der Waals surface area contributed by atoms with E-state index in [1.165, 1.54) is 0 Å². The van der Waals surface area contributed by atoms with Gasteiger partial charge in [-0.1, -0.05) is 30.3 Å². The van der Waals surface area contributed by atoms with Gasteiger partial charge in [0.15, 0.2) is 0 Å². The van der Waals surface area contributed by atoms with Gasteiger partial charge in [-0.2, -0.15) is 0 Å². The zero-order valence-corrected chi connectivity index (χ0v) is 18.0. The van der Waals surface area contributed by atoms with E-state index in [4.69, 9.17) is 14.2 Å². The third-order valence-electron chi connectivity index (χ3n) is 6.07. The fourth-order valence-electron chi connectivity index (χ4n) is 4.20. The molecule has 0 amide bonds. The van der Waals surface area contributed by atoms with Crippen LogP contribution in [-0.4, -0.2) is 24.6 Å². The Balaban J connectivity index is 1.36. The van der Waals surface area contributed by atoms with E-state index in [0.717, 1.165) is 55.4 Å². The van der Waals surface area contributed by atoms with Crippen LogP contribution < -0.4 is 4.74 Å². The van der Waals surface area contributed by atoms with Crippen LogP contribution in [0.15, 0.2) is 48.5 Å². The van der Waals surface area contributed by atoms with Gasteiger partial charge in [-0.25, -0.2) is 4.79 Å². The molecule has 0 atom stereocenters. The number of hydrogen-bond acceptors (Lipinski definition) is 5. The predicted octanol–water partition coefficient (Wildman–Crippen LogP) is 5.42. The Morgan fingerprint density at radius 2 is 1.65 bits per heavy atom. The first kappa shape index (κ1) is 21.4. The summed E-state index contributed by atoms with van der Waals surface area (Å²) in [5.74, 6) is 0.814. The number of carbonyl (C=O) groups is 2. The predicted molar refractivity (Wildman–Crippen MR) is 117 cm³/mol. The van der Waals surface area contributed by atoms with Crippen molar-refractivity contribution in [1.82, 2.24) is 0 Å². The van der Waals surface area contributed by atoms with Crippen LogP contribution in [0, 0.1) is 5.92 Å². The van der Waals surface area contributed by atoms with Gasteiger partial charge >= 0.3 is 11.9 Å². The Labute approximate surface area is 183 Å². The summed E-state index contributed by atoms with van der Waals surface area (Å²) in [5, 5.41) is 0. The van der Waals surface area contributed by atoms with Crippen molar-refractivity contribution in [2.45, 2.75) is 64.1 Å². The number of ether oxygens (including phenoxy) is 3. The Kier molecular flexibility index (Phi) is 6.90. The summed E-state index contributed by atoms with van der Waals surface area (Å²) < 4.78 is 16.9. The molecule has 0 saturated heterocycles. The second-order valence-corrected chi connectivity index (χ2v) is 8.43. The quantitative estimate of drug-likeness (QED) is 0.532. The van der Waals surface area contributed by atoms with Crippen molar-refractivity contribution in [1.29, 1.82) is 0 Å². The molecular formula is C26H30O5. The summed E-state index contributed by atoms with van der Waals surface area (Å²) >= 11 is 0. The molecule has 0 bridgehead atoms. The van der Waals surface area contributed by atoms with Crippen LogP contribution in [0.5, 0.6) is 5.75 Å². The van der Waals surface area contributed by atoms with E-state index in [0.29, 0.717) is 18.1 Å². The molecule has 164 valence electrons. The van der Waals surface area contributed by atoms with Crippen LogP contribution in [0.3, 0.4) is 0 Å². The number of esters is 2. The normalized spacial score (nSPS) is 20.7. The van der Waals surface area contributed by atoms with Crippen LogP contribution in [0.4, 0.5) is 0 Å². The summed E-state index contributed by atoms with van der Waals surface area (Å²) in [4.78, 5) is 24.6. The molecular weight excluding hydrogens is 392 g/mol. The molecule has 2 fully saturated rings. The van der Waals surface area contributed by atoms with Crippen LogP contribution in [-0.2, 0) is 20.9 Å². The molecule has 2 aliphatic carbocycles. The van der Waals surface area contributed by atoms with Crippen molar-refractivity contribution in [3.63, 3.8) is 0 Å². The topological polar surface area (TPSA) is 61.8 Å². The average Bonchev–Trinajstić information content (AvgIpc) is 3.64. The van der Waals surface area contributed by atoms with Gasteiger partial charge in [0.05, 0.1) is 24.2 Å². The van der Waals surface area contributed by atoms with E-state index in [1.807, 2.05) is 55.5 Å². The van der Waals surface area contributed by atoms with E-state index in [1.54, 1.807) is 0 Å². The van der Waals surface area contributed by atoms with E-state index in [-0.39, 0.29) is 30.6 Å². The minimum Gasteiger partial charge on any atom is -0.490 e. The second kappa shape index (κ2) is 9.99. The van der Waals surface area contributed by atoms with Gasteiger partial charge in [-0.05, 0) is 80.7 Å². The molecule has 0 unspecified atom stereocenters. The van der Waals surface area contributed by atoms with Crippen molar-refractivity contribution in [2.75, 3.05) is 6.61 Å². The van der Waals surface area contributed by atoms with Crippen LogP contribution in [0.1, 0.15) is 72.9 Å². The molecule has 2 aliphatic rings. The fourth-order valence-corrected chi connectivity index (χ4v) is 4.20. The van der Waals surface area contributed by atoms with E-state index < -0.39 is 0 Å². The van der Waals surface area contributed by atoms with Gasteiger partial charge in [0, 0.05) is 0 Å². The van der Waals surface area contributed by atoms with Crippen LogP contribution >= 0.6 is 0 Å². The summed E-state index contributed by atoms with van der Waals surface area (Å²) in [7, 11) is 0. The highest BCUT2D eigenvalue weighted by Crippen LogP contribution is 2.43. The average molecular weight is 423 g/mol. The highest BCUT2D eigenvalue weighted by Gasteiger charge is 2.31. The molecule has 0 aliphatic heterocycles. The minimum absolute atomic E-state index is 0.0106. The maximum atomic E-state index is 12.7. The molecule has 31 heavy (non-hydrogen) atoms. The van der Waals surface area contributed by atoms with Crippen LogP contribution in [0.2, 0.25) is 0 Å². The Morgan fingerprint density at radius 3 is 2.32 bits per heavy atom. The van der Waals surface area contributed by atoms with Crippen molar-refractivity contribution in [3.8, 4) is 5.75 Å². The van der Waals surface area contributed by atoms with E-state index in [2.05, 4.69) is 0 Å². The molecule has 2 saturated carbocycles. The highest BCUT2D eigenvalue weighted by molar-refractivity contribution is 5.91. The first-order valence-corrected chi connectivity index (χ1v) is 11.3. The molecule has 0 N–H and O–H groups in total. The smallest absolute Gasteiger partial charge is 0.338 e. The molecule has 0 heterocycles. The second-order valence-electron chi connectivity index (χ2n) is 8.43. The van der Waals surface area contributed by atoms with Gasteiger partial charge in [0.25, 0.3) is 0 Å². The maximum absolute atomic E-state index is 12.7. The van der Waals surface area contributed by atoms with Crippen molar-refractivity contribution in [2.24, 2.45) is 5.92 Å². The number of rotatable bonds is 8. The van der Waals surface area contributed by atoms with Gasteiger partial charge in [0.2, 0.25) is 0 Å². The van der Waals surface area contributed by atoms with Gasteiger partial charge in [0.1, 0.15) is 12.4 Å². The SMILES string of the molecule is CCOC(=O)C1CCC(Oc2ccc(C(=O)OCc3ccccc3)c(C3CC3)c2)CC1. The molecule has 5 nitrogen and oxygen atoms in total. The molecule has 4 rings (SSSR count). The molecule has 2 aromatic rings. The third-order valence-corrected chi connectivity index (χ3v) is 6.07. The highest BCUT2D eigenvalue weighted by atomic mass is 16.5. The third kappa shape index (κ3) is 5.66. The molecule has 2 aromatic carbocycles. The van der Waals surface area contributed by atoms with Gasteiger partial charge in [-0.3, -0.25) is 4.79 Å². The van der Waals surface area contributed by atoms with Gasteiger partial charge in [-0.15, -0.1) is 0 Å². The first-order chi connectivity index (χ1) is 15.1. The Bertz CT molecular complexity index is 895. The standard InChI is InChI=1S/C26H30O5/c1-2-29-25(27)20-10-12-21(13-11-20)31-22-14-15-23(24(16-22)19-8-9-19)26(28)30-17-18-6-4-3-5-7-18/h3-7,14-16,19-21H,2,8-13,17H2,1H3. The minimum atomic E-state index is -0.285. The molecule has 0 spiro atoms. The summed E-state index contributed by atoms with van der Waals surface area (Å²) in [5.41, 5.74) is 2.63. The number of carbonyl (C=O) groups excluding carboxylic acids is 2. The van der Waals surface area contributed by atoms with Crippen molar-refractivity contribution >= 4 is 11.9 Å². The first-order valence-electron chi connectivity index (χ1n) is 11.3. The Morgan fingerprint density at radius 1 is 0.903 bits per heavy atom. The molecule has 0 aromatic heterocycles. The fraction of sp³-hybridized carbons (Fsp3) is 0.462. The lowest BCUT2D eigenvalue weighted by atomic mass is 9.87. The largest absolute Gasteiger partial charge is 0.490 e. The van der Waals surface area contributed by atoms with E-state index >= 15 is 0 Å². The lowest BCUT2D eigenvalue weighted by molar-refractivity contribution is -0.149. The Hall–Kier alpha value is -2.82. The summed E-state index contributed by atoms with van der Waals surface area (Å²) in [6, 6.07) is 15.4. The lowest BCUT2D eigenvalue weighted by Gasteiger charge is -2.28. The molecule has 5 heteroatoms. The lowest BCUT2D eigenvalue weighted by Crippen LogP contribution is -2.29. The zero-order valence-electron chi connectivity index (χ0n) is 18.0.